The molecule has 26 heavy (non-hydrogen) atoms. The molecule has 5 nitrogen and oxygen atoms in total. The van der Waals surface area contributed by atoms with Crippen LogP contribution in [-0.2, 0) is 6.42 Å². The number of aryl methyl sites for hydroxylation is 1. The van der Waals surface area contributed by atoms with Gasteiger partial charge in [-0.25, -0.2) is 4.98 Å². The summed E-state index contributed by atoms with van der Waals surface area (Å²) in [5.74, 6) is 1.64. The van der Waals surface area contributed by atoms with E-state index in [2.05, 4.69) is 16.0 Å². The Morgan fingerprint density at radius 2 is 1.96 bits per heavy atom. The number of nitrogens with two attached hydrogens (primary N) is 1. The van der Waals surface area contributed by atoms with Gasteiger partial charge < -0.3 is 15.6 Å². The molecule has 2 heterocycles. The largest absolute Gasteiger partial charge is 0.398 e. The molecule has 1 saturated heterocycles. The first-order valence-corrected chi connectivity index (χ1v) is 9.20. The zero-order valence-corrected chi connectivity index (χ0v) is 15.0. The lowest BCUT2D eigenvalue weighted by atomic mass is 9.92. The van der Waals surface area contributed by atoms with Crippen LogP contribution >= 0.6 is 0 Å². The predicted octanol–water partition coefficient (Wildman–Crippen LogP) is 3.55. The van der Waals surface area contributed by atoms with Crippen LogP contribution < -0.4 is 5.73 Å². The van der Waals surface area contributed by atoms with Gasteiger partial charge in [0.1, 0.15) is 5.82 Å². The zero-order valence-electron chi connectivity index (χ0n) is 15.0. The number of hydrogen-bond acceptors (Lipinski definition) is 3. The topological polar surface area (TPSA) is 75.0 Å². The number of piperidine rings is 1. The van der Waals surface area contributed by atoms with Crippen molar-refractivity contribution in [1.82, 2.24) is 14.9 Å². The molecule has 3 N–H and O–H groups in total. The average molecular weight is 348 g/mol. The first kappa shape index (κ1) is 16.6. The minimum absolute atomic E-state index is 0.0494. The van der Waals surface area contributed by atoms with E-state index in [9.17, 15) is 4.79 Å². The van der Waals surface area contributed by atoms with Crippen molar-refractivity contribution in [3.05, 3.63) is 59.4 Å². The van der Waals surface area contributed by atoms with Crippen molar-refractivity contribution in [3.63, 3.8) is 0 Å². The molecule has 134 valence electrons. The number of H-pyrrole nitrogens is 1. The van der Waals surface area contributed by atoms with Gasteiger partial charge in [0.2, 0.25) is 0 Å². The average Bonchev–Trinajstić information content (AvgIpc) is 3.06. The number of carbonyl (C=O) groups excluding carboxylic acids is 1. The fraction of sp³-hybridized carbons (Fsp3) is 0.333. The SMILES string of the molecule is Cc1cccc(C(=O)N2CCC(Cc3nc4ccccc4[nH]3)CC2)c1N. The monoisotopic (exact) mass is 348 g/mol. The predicted molar refractivity (Wildman–Crippen MR) is 104 cm³/mol. The van der Waals surface area contributed by atoms with Gasteiger partial charge in [0, 0.05) is 25.2 Å². The molecular weight excluding hydrogens is 324 g/mol. The summed E-state index contributed by atoms with van der Waals surface area (Å²) in [7, 11) is 0. The molecule has 0 aliphatic carbocycles. The normalized spacial score (nSPS) is 15.5. The first-order valence-electron chi connectivity index (χ1n) is 9.20. The molecule has 3 aromatic rings. The number of fused-ring (bicyclic) bond motifs is 1. The van der Waals surface area contributed by atoms with Crippen LogP contribution in [0, 0.1) is 12.8 Å². The molecule has 0 unspecified atom stereocenters. The lowest BCUT2D eigenvalue weighted by Crippen LogP contribution is -2.39. The molecule has 5 heteroatoms. The fourth-order valence-corrected chi connectivity index (χ4v) is 3.75. The van der Waals surface area contributed by atoms with Gasteiger partial charge in [-0.1, -0.05) is 24.3 Å². The van der Waals surface area contributed by atoms with Crippen LogP contribution in [-0.4, -0.2) is 33.9 Å². The molecule has 0 radical (unpaired) electrons. The number of aromatic nitrogens is 2. The lowest BCUT2D eigenvalue weighted by Gasteiger charge is -2.32. The minimum atomic E-state index is 0.0494. The second-order valence-corrected chi connectivity index (χ2v) is 7.18. The fourth-order valence-electron chi connectivity index (χ4n) is 3.75. The highest BCUT2D eigenvalue weighted by Gasteiger charge is 2.25. The minimum Gasteiger partial charge on any atom is -0.398 e. The van der Waals surface area contributed by atoms with Gasteiger partial charge in [-0.2, -0.15) is 0 Å². The number of rotatable bonds is 3. The van der Waals surface area contributed by atoms with Crippen LogP contribution in [0.5, 0.6) is 0 Å². The summed E-state index contributed by atoms with van der Waals surface area (Å²) in [6, 6.07) is 13.8. The number of carbonyl (C=O) groups is 1. The van der Waals surface area contributed by atoms with E-state index in [1.807, 2.05) is 48.2 Å². The summed E-state index contributed by atoms with van der Waals surface area (Å²) in [6.45, 7) is 3.49. The molecule has 2 aromatic carbocycles. The maximum atomic E-state index is 12.8. The van der Waals surface area contributed by atoms with Crippen molar-refractivity contribution in [1.29, 1.82) is 0 Å². The van der Waals surface area contributed by atoms with Gasteiger partial charge in [0.15, 0.2) is 0 Å². The van der Waals surface area contributed by atoms with Gasteiger partial charge in [0.05, 0.1) is 16.6 Å². The Labute approximate surface area is 153 Å². The smallest absolute Gasteiger partial charge is 0.255 e. The maximum absolute atomic E-state index is 12.8. The van der Waals surface area contributed by atoms with E-state index in [0.717, 1.165) is 54.8 Å². The number of nitrogens with zero attached hydrogens (tertiary/aromatic N) is 2. The van der Waals surface area contributed by atoms with Crippen molar-refractivity contribution >= 4 is 22.6 Å². The Hall–Kier alpha value is -2.82. The van der Waals surface area contributed by atoms with Gasteiger partial charge in [-0.3, -0.25) is 4.79 Å². The Morgan fingerprint density at radius 1 is 1.19 bits per heavy atom. The van der Waals surface area contributed by atoms with Gasteiger partial charge >= 0.3 is 0 Å². The van der Waals surface area contributed by atoms with E-state index in [-0.39, 0.29) is 5.91 Å². The number of amides is 1. The zero-order chi connectivity index (χ0) is 18.1. The summed E-state index contributed by atoms with van der Waals surface area (Å²) < 4.78 is 0. The van der Waals surface area contributed by atoms with Crippen LogP contribution in [0.2, 0.25) is 0 Å². The number of anilines is 1. The van der Waals surface area contributed by atoms with Gasteiger partial charge in [-0.15, -0.1) is 0 Å². The van der Waals surface area contributed by atoms with E-state index in [1.165, 1.54) is 0 Å². The molecule has 0 bridgehead atoms. The molecule has 0 atom stereocenters. The van der Waals surface area contributed by atoms with Crippen LogP contribution in [0.3, 0.4) is 0 Å². The number of nitrogen functional groups attached to an aromatic ring is 1. The molecular formula is C21H24N4O. The van der Waals surface area contributed by atoms with E-state index >= 15 is 0 Å². The quantitative estimate of drug-likeness (QED) is 0.711. The van der Waals surface area contributed by atoms with E-state index < -0.39 is 0 Å². The summed E-state index contributed by atoms with van der Waals surface area (Å²) in [5, 5.41) is 0. The second kappa shape index (κ2) is 6.83. The van der Waals surface area contributed by atoms with E-state index in [4.69, 9.17) is 5.73 Å². The molecule has 1 amide bonds. The highest BCUT2D eigenvalue weighted by molar-refractivity contribution is 5.99. The molecule has 1 fully saturated rings. The number of para-hydroxylation sites is 3. The third-order valence-electron chi connectivity index (χ3n) is 5.38. The van der Waals surface area contributed by atoms with E-state index in [0.29, 0.717) is 17.2 Å². The Morgan fingerprint density at radius 3 is 2.73 bits per heavy atom. The number of benzene rings is 2. The summed E-state index contributed by atoms with van der Waals surface area (Å²) in [6.07, 6.45) is 2.92. The standard InChI is InChI=1S/C21H24N4O/c1-14-5-4-6-16(20(14)22)21(26)25-11-9-15(10-12-25)13-19-23-17-7-2-3-8-18(17)24-19/h2-8,15H,9-13,22H2,1H3,(H,23,24). The molecule has 1 aliphatic rings. The van der Waals surface area contributed by atoms with Crippen LogP contribution in [0.1, 0.15) is 34.6 Å². The van der Waals surface area contributed by atoms with Crippen molar-refractivity contribution in [3.8, 4) is 0 Å². The Kier molecular flexibility index (Phi) is 4.37. The summed E-state index contributed by atoms with van der Waals surface area (Å²) >= 11 is 0. The van der Waals surface area contributed by atoms with Crippen LogP contribution in [0.4, 0.5) is 5.69 Å². The van der Waals surface area contributed by atoms with Gasteiger partial charge in [-0.05, 0) is 49.4 Å². The van der Waals surface area contributed by atoms with E-state index in [1.54, 1.807) is 0 Å². The second-order valence-electron chi connectivity index (χ2n) is 7.18. The highest BCUT2D eigenvalue weighted by atomic mass is 16.2. The third kappa shape index (κ3) is 3.17. The van der Waals surface area contributed by atoms with Crippen molar-refractivity contribution < 1.29 is 4.79 Å². The molecule has 4 rings (SSSR count). The summed E-state index contributed by atoms with van der Waals surface area (Å²) in [5.41, 5.74) is 10.4. The first-order chi connectivity index (χ1) is 12.6. The molecule has 1 aliphatic heterocycles. The molecule has 1 aromatic heterocycles. The van der Waals surface area contributed by atoms with Crippen molar-refractivity contribution in [2.24, 2.45) is 5.92 Å². The van der Waals surface area contributed by atoms with Crippen molar-refractivity contribution in [2.75, 3.05) is 18.8 Å². The van der Waals surface area contributed by atoms with Gasteiger partial charge in [0.25, 0.3) is 5.91 Å². The van der Waals surface area contributed by atoms with Crippen molar-refractivity contribution in [2.45, 2.75) is 26.2 Å². The third-order valence-corrected chi connectivity index (χ3v) is 5.38. The number of hydrogen-bond donors (Lipinski definition) is 2. The van der Waals surface area contributed by atoms with Crippen LogP contribution in [0.25, 0.3) is 11.0 Å². The number of likely N-dealkylation sites (tertiary alicyclic amines) is 1. The Bertz CT molecular complexity index is 905. The molecule has 0 spiro atoms. The Balaban J connectivity index is 1.39. The highest BCUT2D eigenvalue weighted by Crippen LogP contribution is 2.25. The molecule has 0 saturated carbocycles. The lowest BCUT2D eigenvalue weighted by molar-refractivity contribution is 0.0691. The number of imidazole rings is 1. The number of aromatic amines is 1. The van der Waals surface area contributed by atoms with Crippen LogP contribution in [0.15, 0.2) is 42.5 Å². The maximum Gasteiger partial charge on any atom is 0.255 e. The summed E-state index contributed by atoms with van der Waals surface area (Å²) in [4.78, 5) is 22.8. The number of nitrogens with one attached hydrogen (secondary N) is 1.